The smallest absolute Gasteiger partial charge is 0.203 e. The molecule has 2 heterocycles. The molecule has 2 aromatic heterocycles. The molecular formula is C23H24N4O. The second kappa shape index (κ2) is 7.82. The van der Waals surface area contributed by atoms with E-state index < -0.39 is 0 Å². The van der Waals surface area contributed by atoms with Gasteiger partial charge in [-0.15, -0.1) is 0 Å². The second-order valence-corrected chi connectivity index (χ2v) is 7.12. The van der Waals surface area contributed by atoms with Crippen LogP contribution in [0.25, 0.3) is 11.0 Å². The van der Waals surface area contributed by atoms with E-state index in [1.54, 1.807) is 6.20 Å². The Morgan fingerprint density at radius 2 is 1.68 bits per heavy atom. The predicted molar refractivity (Wildman–Crippen MR) is 110 cm³/mol. The third kappa shape index (κ3) is 3.49. The van der Waals surface area contributed by atoms with Gasteiger partial charge >= 0.3 is 0 Å². The number of nitrogens with zero attached hydrogens (tertiary/aromatic N) is 3. The van der Waals surface area contributed by atoms with Gasteiger partial charge in [0.25, 0.3) is 0 Å². The Morgan fingerprint density at radius 3 is 2.36 bits per heavy atom. The maximum absolute atomic E-state index is 10.1. The van der Waals surface area contributed by atoms with Gasteiger partial charge in [-0.1, -0.05) is 48.0 Å². The number of aryl methyl sites for hydroxylation is 1. The topological polar surface area (TPSA) is 66.8 Å². The molecular weight excluding hydrogens is 348 g/mol. The first-order chi connectivity index (χ1) is 13.7. The molecule has 142 valence electrons. The summed E-state index contributed by atoms with van der Waals surface area (Å²) in [6.07, 6.45) is 2.34. The van der Waals surface area contributed by atoms with Crippen LogP contribution in [-0.4, -0.2) is 25.8 Å². The summed E-state index contributed by atoms with van der Waals surface area (Å²) in [5.74, 6) is 0. The Hall–Kier alpha value is -3.18. The molecule has 0 radical (unpaired) electrons. The number of aromatic nitrogens is 3. The molecule has 5 nitrogen and oxygen atoms in total. The van der Waals surface area contributed by atoms with Crippen molar-refractivity contribution in [3.63, 3.8) is 0 Å². The summed E-state index contributed by atoms with van der Waals surface area (Å²) in [5, 5.41) is 19.0. The van der Waals surface area contributed by atoms with Crippen molar-refractivity contribution in [3.05, 3.63) is 95.4 Å². The molecule has 4 rings (SSSR count). The quantitative estimate of drug-likeness (QED) is 0.544. The second-order valence-electron chi connectivity index (χ2n) is 7.12. The highest BCUT2D eigenvalue weighted by Crippen LogP contribution is 2.20. The van der Waals surface area contributed by atoms with E-state index in [1.807, 2.05) is 51.6 Å². The highest BCUT2D eigenvalue weighted by atomic mass is 16.3. The Balaban J connectivity index is 1.79. The number of nitrogens with one attached hydrogen (secondary N) is 1. The molecule has 0 spiro atoms. The van der Waals surface area contributed by atoms with E-state index >= 15 is 0 Å². The zero-order valence-corrected chi connectivity index (χ0v) is 15.9. The summed E-state index contributed by atoms with van der Waals surface area (Å²) in [4.78, 5) is 4.39. The summed E-state index contributed by atoms with van der Waals surface area (Å²) in [7, 11) is 0. The number of imidazole rings is 1. The molecule has 0 aliphatic carbocycles. The van der Waals surface area contributed by atoms with Crippen molar-refractivity contribution >= 4 is 11.0 Å². The number of pyridine rings is 1. The van der Waals surface area contributed by atoms with Gasteiger partial charge in [0.1, 0.15) is 0 Å². The minimum absolute atomic E-state index is 0.0499. The number of benzene rings is 2. The fourth-order valence-electron chi connectivity index (χ4n) is 3.66. The highest BCUT2D eigenvalue weighted by molar-refractivity contribution is 5.76. The molecule has 0 aliphatic rings. The molecule has 5 heteroatoms. The van der Waals surface area contributed by atoms with Gasteiger partial charge in [-0.05, 0) is 36.8 Å². The normalized spacial score (nSPS) is 12.4. The van der Waals surface area contributed by atoms with E-state index in [1.165, 1.54) is 5.56 Å². The minimum atomic E-state index is -0.244. The molecule has 1 atom stereocenters. The van der Waals surface area contributed by atoms with Gasteiger partial charge in [-0.25, -0.2) is 0 Å². The average Bonchev–Trinajstić information content (AvgIpc) is 3.00. The Bertz CT molecular complexity index is 1130. The third-order valence-corrected chi connectivity index (χ3v) is 5.12. The highest BCUT2D eigenvalue weighted by Gasteiger charge is 2.19. The van der Waals surface area contributed by atoms with Crippen LogP contribution in [0.2, 0.25) is 0 Å². The van der Waals surface area contributed by atoms with E-state index in [0.717, 1.165) is 22.3 Å². The van der Waals surface area contributed by atoms with Crippen LogP contribution in [0.1, 0.15) is 22.9 Å². The average molecular weight is 372 g/mol. The zero-order valence-electron chi connectivity index (χ0n) is 15.9. The molecule has 0 fully saturated rings. The van der Waals surface area contributed by atoms with Gasteiger partial charge in [0.2, 0.25) is 5.62 Å². The van der Waals surface area contributed by atoms with Crippen LogP contribution in [0, 0.1) is 12.3 Å². The van der Waals surface area contributed by atoms with Crippen molar-refractivity contribution in [3.8, 4) is 0 Å². The molecule has 1 unspecified atom stereocenters. The van der Waals surface area contributed by atoms with Crippen molar-refractivity contribution in [2.75, 3.05) is 6.61 Å². The number of para-hydroxylation sites is 2. The van der Waals surface area contributed by atoms with Crippen LogP contribution in [0.15, 0.2) is 72.9 Å². The fraction of sp³-hybridized carbons (Fsp3) is 0.217. The first-order valence-electron chi connectivity index (χ1n) is 9.48. The van der Waals surface area contributed by atoms with E-state index in [9.17, 15) is 5.11 Å². The number of aliphatic hydroxyl groups is 1. The van der Waals surface area contributed by atoms with Crippen LogP contribution < -0.4 is 5.62 Å². The van der Waals surface area contributed by atoms with Crippen LogP contribution in [0.4, 0.5) is 0 Å². The van der Waals surface area contributed by atoms with Gasteiger partial charge in [-0.2, -0.15) is 0 Å². The zero-order chi connectivity index (χ0) is 19.5. The Morgan fingerprint density at radius 1 is 0.964 bits per heavy atom. The molecule has 0 amide bonds. The maximum atomic E-state index is 10.1. The monoisotopic (exact) mass is 372 g/mol. The first kappa shape index (κ1) is 18.2. The van der Waals surface area contributed by atoms with Gasteiger partial charge in [0, 0.05) is 18.3 Å². The number of rotatable bonds is 6. The third-order valence-electron chi connectivity index (χ3n) is 5.12. The summed E-state index contributed by atoms with van der Waals surface area (Å²) in [6, 6.07) is 22.0. The first-order valence-corrected chi connectivity index (χ1v) is 9.48. The van der Waals surface area contributed by atoms with Crippen LogP contribution in [0.5, 0.6) is 0 Å². The van der Waals surface area contributed by atoms with E-state index in [2.05, 4.69) is 36.2 Å². The number of aliphatic hydroxyl groups excluding tert-OH is 1. The number of hydrogen-bond donors (Lipinski definition) is 2. The molecule has 0 bridgehead atoms. The molecule has 28 heavy (non-hydrogen) atoms. The molecule has 0 saturated heterocycles. The Kier molecular flexibility index (Phi) is 5.08. The van der Waals surface area contributed by atoms with Crippen molar-refractivity contribution in [1.29, 1.82) is 5.41 Å². The van der Waals surface area contributed by atoms with Crippen LogP contribution >= 0.6 is 0 Å². The van der Waals surface area contributed by atoms with Crippen LogP contribution in [-0.2, 0) is 13.0 Å². The van der Waals surface area contributed by atoms with Crippen molar-refractivity contribution in [1.82, 2.24) is 14.1 Å². The van der Waals surface area contributed by atoms with Crippen molar-refractivity contribution in [2.45, 2.75) is 25.9 Å². The molecule has 2 aromatic carbocycles. The van der Waals surface area contributed by atoms with Crippen LogP contribution in [0.3, 0.4) is 0 Å². The lowest BCUT2D eigenvalue weighted by molar-refractivity contribution is 0.224. The summed E-state index contributed by atoms with van der Waals surface area (Å²) in [5.41, 5.74) is 5.61. The largest absolute Gasteiger partial charge is 0.394 e. The minimum Gasteiger partial charge on any atom is -0.394 e. The molecule has 0 aliphatic heterocycles. The van der Waals surface area contributed by atoms with E-state index in [0.29, 0.717) is 18.6 Å². The summed E-state index contributed by atoms with van der Waals surface area (Å²) < 4.78 is 3.93. The molecule has 2 N–H and O–H groups in total. The van der Waals surface area contributed by atoms with Gasteiger partial charge < -0.3 is 14.2 Å². The standard InChI is InChI=1S/C23H24N4O/c1-17-9-11-18(12-10-17)15-26-21-7-2-3-8-22(21)27(23(26)24)20(16-28)14-19-6-4-5-13-25-19/h2-13,20,24,28H,14-16H2,1H3. The van der Waals surface area contributed by atoms with Gasteiger partial charge in [-0.3, -0.25) is 10.4 Å². The SMILES string of the molecule is Cc1ccc(Cn2c(=N)n(C(CO)Cc3ccccn3)c3ccccc32)cc1. The van der Waals surface area contributed by atoms with Crippen molar-refractivity contribution in [2.24, 2.45) is 0 Å². The van der Waals surface area contributed by atoms with E-state index in [4.69, 9.17) is 5.41 Å². The number of hydrogen-bond acceptors (Lipinski definition) is 3. The maximum Gasteiger partial charge on any atom is 0.203 e. The van der Waals surface area contributed by atoms with Gasteiger partial charge in [0.15, 0.2) is 0 Å². The molecule has 0 saturated carbocycles. The lowest BCUT2D eigenvalue weighted by Gasteiger charge is -2.17. The molecule has 4 aromatic rings. The van der Waals surface area contributed by atoms with E-state index in [-0.39, 0.29) is 12.6 Å². The predicted octanol–water partition coefficient (Wildman–Crippen LogP) is 3.45. The number of fused-ring (bicyclic) bond motifs is 1. The lowest BCUT2D eigenvalue weighted by Crippen LogP contribution is -2.31. The summed E-state index contributed by atoms with van der Waals surface area (Å²) in [6.45, 7) is 2.64. The van der Waals surface area contributed by atoms with Crippen molar-refractivity contribution < 1.29 is 5.11 Å². The Labute approximate surface area is 164 Å². The summed E-state index contributed by atoms with van der Waals surface area (Å²) >= 11 is 0. The fourth-order valence-corrected chi connectivity index (χ4v) is 3.66. The van der Waals surface area contributed by atoms with Gasteiger partial charge in [0.05, 0.1) is 30.2 Å². The lowest BCUT2D eigenvalue weighted by atomic mass is 10.1.